The smallest absolute Gasteiger partial charge is 0.309 e. The summed E-state index contributed by atoms with van der Waals surface area (Å²) in [6, 6.07) is 14.3. The van der Waals surface area contributed by atoms with Gasteiger partial charge in [0.15, 0.2) is 9.84 Å². The van der Waals surface area contributed by atoms with Crippen molar-refractivity contribution in [1.29, 1.82) is 0 Å². The molecule has 7 nitrogen and oxygen atoms in total. The Morgan fingerprint density at radius 1 is 0.969 bits per heavy atom. The van der Waals surface area contributed by atoms with Crippen LogP contribution in [0.25, 0.3) is 0 Å². The lowest BCUT2D eigenvalue weighted by Gasteiger charge is -2.16. The summed E-state index contributed by atoms with van der Waals surface area (Å²) in [4.78, 5) is 24.1. The minimum absolute atomic E-state index is 0.0813. The summed E-state index contributed by atoms with van der Waals surface area (Å²) in [6.45, 7) is -0.194. The van der Waals surface area contributed by atoms with Crippen LogP contribution in [0, 0.1) is 5.82 Å². The maximum atomic E-state index is 13.2. The summed E-state index contributed by atoms with van der Waals surface area (Å²) in [7, 11) is -4.04. The summed E-state index contributed by atoms with van der Waals surface area (Å²) < 4.78 is 44.5. The Hall–Kier alpha value is -3.17. The van der Waals surface area contributed by atoms with E-state index in [2.05, 4.69) is 10.6 Å². The van der Waals surface area contributed by atoms with Crippen molar-refractivity contribution in [2.75, 3.05) is 13.1 Å². The van der Waals surface area contributed by atoms with E-state index in [-0.39, 0.29) is 17.2 Å². The predicted octanol–water partition coefficient (Wildman–Crippen LogP) is 3.06. The molecular weight excluding hydrogens is 459 g/mol. The largest absolute Gasteiger partial charge is 0.468 e. The van der Waals surface area contributed by atoms with E-state index in [1.54, 1.807) is 12.1 Å². The van der Waals surface area contributed by atoms with Crippen molar-refractivity contribution in [3.63, 3.8) is 0 Å². The molecule has 0 aliphatic rings. The fourth-order valence-corrected chi connectivity index (χ4v) is 4.66. The van der Waals surface area contributed by atoms with Crippen LogP contribution in [0.2, 0.25) is 5.02 Å². The molecule has 3 aromatic rings. The fraction of sp³-hybridized carbons (Fsp3) is 0.182. The van der Waals surface area contributed by atoms with Crippen molar-refractivity contribution in [1.82, 2.24) is 10.6 Å². The van der Waals surface area contributed by atoms with Crippen LogP contribution in [0.4, 0.5) is 4.39 Å². The van der Waals surface area contributed by atoms with Gasteiger partial charge in [0.2, 0.25) is 0 Å². The monoisotopic (exact) mass is 478 g/mol. The number of sulfone groups is 1. The highest BCUT2D eigenvalue weighted by molar-refractivity contribution is 7.91. The van der Waals surface area contributed by atoms with E-state index in [1.807, 2.05) is 12.1 Å². The Morgan fingerprint density at radius 2 is 1.62 bits per heavy atom. The van der Waals surface area contributed by atoms with Crippen LogP contribution in [0.5, 0.6) is 0 Å². The number of hydrogen-bond acceptors (Lipinski definition) is 5. The summed E-state index contributed by atoms with van der Waals surface area (Å²) >= 11 is 5.82. The summed E-state index contributed by atoms with van der Waals surface area (Å²) in [5.41, 5.74) is 0.929. The summed E-state index contributed by atoms with van der Waals surface area (Å²) in [6.07, 6.45) is 1.79. The molecule has 2 aromatic carbocycles. The van der Waals surface area contributed by atoms with Gasteiger partial charge in [0, 0.05) is 18.1 Å². The molecule has 0 fully saturated rings. The molecule has 1 atom stereocenters. The molecule has 0 saturated carbocycles. The molecule has 1 aromatic heterocycles. The highest BCUT2D eigenvalue weighted by Crippen LogP contribution is 2.29. The van der Waals surface area contributed by atoms with Gasteiger partial charge >= 0.3 is 11.8 Å². The van der Waals surface area contributed by atoms with Crippen LogP contribution in [-0.4, -0.2) is 33.3 Å². The Morgan fingerprint density at radius 3 is 2.25 bits per heavy atom. The number of nitrogens with one attached hydrogen (secondary N) is 2. The molecule has 0 aliphatic carbocycles. The van der Waals surface area contributed by atoms with E-state index in [9.17, 15) is 22.4 Å². The van der Waals surface area contributed by atoms with Gasteiger partial charge < -0.3 is 15.1 Å². The van der Waals surface area contributed by atoms with Crippen LogP contribution >= 0.6 is 11.6 Å². The van der Waals surface area contributed by atoms with Crippen molar-refractivity contribution in [3.05, 3.63) is 89.1 Å². The number of carbonyl (C=O) groups excluding carboxylic acids is 2. The first-order valence-electron chi connectivity index (χ1n) is 9.60. The van der Waals surface area contributed by atoms with Crippen molar-refractivity contribution in [2.24, 2.45) is 0 Å². The second kappa shape index (κ2) is 10.4. The Bertz CT molecular complexity index is 1160. The summed E-state index contributed by atoms with van der Waals surface area (Å²) in [5, 5.41) is 4.11. The van der Waals surface area contributed by atoms with Crippen molar-refractivity contribution in [3.8, 4) is 0 Å². The maximum Gasteiger partial charge on any atom is 0.309 e. The zero-order chi connectivity index (χ0) is 23.1. The topological polar surface area (TPSA) is 105 Å². The zero-order valence-corrected chi connectivity index (χ0v) is 18.3. The molecule has 0 aliphatic heterocycles. The first-order chi connectivity index (χ1) is 15.3. The van der Waals surface area contributed by atoms with Crippen LogP contribution in [0.1, 0.15) is 16.6 Å². The van der Waals surface area contributed by atoms with Gasteiger partial charge in [-0.3, -0.25) is 9.59 Å². The molecule has 0 saturated heterocycles. The number of halogens is 2. The highest BCUT2D eigenvalue weighted by atomic mass is 35.5. The second-order valence-corrected chi connectivity index (χ2v) is 9.41. The van der Waals surface area contributed by atoms with Gasteiger partial charge in [-0.05, 0) is 60.5 Å². The van der Waals surface area contributed by atoms with Crippen LogP contribution in [-0.2, 0) is 25.8 Å². The van der Waals surface area contributed by atoms with Gasteiger partial charge in [0.1, 0.15) is 16.8 Å². The van der Waals surface area contributed by atoms with Crippen LogP contribution in [0.3, 0.4) is 0 Å². The number of benzene rings is 2. The number of carbonyl (C=O) groups is 2. The Labute approximate surface area is 189 Å². The molecule has 32 heavy (non-hydrogen) atoms. The summed E-state index contributed by atoms with van der Waals surface area (Å²) in [5.74, 6) is -2.37. The molecule has 1 heterocycles. The average Bonchev–Trinajstić information content (AvgIpc) is 3.29. The van der Waals surface area contributed by atoms with Crippen LogP contribution < -0.4 is 10.6 Å². The van der Waals surface area contributed by atoms with Gasteiger partial charge in [0.25, 0.3) is 0 Å². The van der Waals surface area contributed by atoms with Crippen molar-refractivity contribution < 1.29 is 26.8 Å². The molecule has 10 heteroatoms. The standard InChI is InChI=1S/C22H20ClFN2O5S/c23-16-5-3-15(4-6-16)11-12-25-21(27)22(28)26-14-20(19-2-1-13-31-19)32(29,30)18-9-7-17(24)8-10-18/h1-10,13,20H,11-12,14H2,(H,25,27)(H,26,28)/t20-/m1/s1. The van der Waals surface area contributed by atoms with E-state index < -0.39 is 39.3 Å². The molecular formula is C22H20ClFN2O5S. The quantitative estimate of drug-likeness (QED) is 0.382. The van der Waals surface area contributed by atoms with Gasteiger partial charge in [-0.25, -0.2) is 12.8 Å². The van der Waals surface area contributed by atoms with E-state index >= 15 is 0 Å². The number of furan rings is 1. The van der Waals surface area contributed by atoms with Crippen LogP contribution in [0.15, 0.2) is 76.2 Å². The third kappa shape index (κ3) is 5.95. The molecule has 0 unspecified atom stereocenters. The number of hydrogen-bond donors (Lipinski definition) is 2. The van der Waals surface area contributed by atoms with Crippen molar-refractivity contribution in [2.45, 2.75) is 16.6 Å². The van der Waals surface area contributed by atoms with Gasteiger partial charge in [-0.1, -0.05) is 23.7 Å². The molecule has 3 rings (SSSR count). The van der Waals surface area contributed by atoms with Crippen molar-refractivity contribution >= 4 is 33.3 Å². The lowest BCUT2D eigenvalue weighted by molar-refractivity contribution is -0.139. The first-order valence-corrected chi connectivity index (χ1v) is 11.5. The number of amides is 2. The molecule has 2 N–H and O–H groups in total. The lowest BCUT2D eigenvalue weighted by atomic mass is 10.1. The fourth-order valence-electron chi connectivity index (χ4n) is 2.94. The second-order valence-electron chi connectivity index (χ2n) is 6.85. The molecule has 0 radical (unpaired) electrons. The minimum atomic E-state index is -4.04. The predicted molar refractivity (Wildman–Crippen MR) is 116 cm³/mol. The molecule has 0 spiro atoms. The Kier molecular flexibility index (Phi) is 7.66. The van der Waals surface area contributed by atoms with Gasteiger partial charge in [-0.15, -0.1) is 0 Å². The SMILES string of the molecule is O=C(NCCc1ccc(Cl)cc1)C(=O)NC[C@H](c1ccco1)S(=O)(=O)c1ccc(F)cc1. The van der Waals surface area contributed by atoms with E-state index in [4.69, 9.17) is 16.0 Å². The van der Waals surface area contributed by atoms with E-state index in [0.29, 0.717) is 11.4 Å². The number of rotatable bonds is 8. The molecule has 168 valence electrons. The third-order valence-corrected chi connectivity index (χ3v) is 6.97. The average molecular weight is 479 g/mol. The Balaban J connectivity index is 1.61. The highest BCUT2D eigenvalue weighted by Gasteiger charge is 2.32. The maximum absolute atomic E-state index is 13.2. The first kappa shape index (κ1) is 23.5. The zero-order valence-electron chi connectivity index (χ0n) is 16.8. The molecule has 2 amide bonds. The normalized spacial score (nSPS) is 12.2. The lowest BCUT2D eigenvalue weighted by Crippen LogP contribution is -2.42. The molecule has 0 bridgehead atoms. The van der Waals surface area contributed by atoms with Gasteiger partial charge in [0.05, 0.1) is 11.2 Å². The third-order valence-electron chi connectivity index (χ3n) is 4.64. The van der Waals surface area contributed by atoms with E-state index in [1.165, 1.54) is 18.4 Å². The van der Waals surface area contributed by atoms with Gasteiger partial charge in [-0.2, -0.15) is 0 Å². The van der Waals surface area contributed by atoms with E-state index in [0.717, 1.165) is 29.8 Å². The minimum Gasteiger partial charge on any atom is -0.468 e.